The Morgan fingerprint density at radius 2 is 2.18 bits per heavy atom. The number of aromatic nitrogens is 5. The van der Waals surface area contributed by atoms with Crippen LogP contribution in [0.5, 0.6) is 0 Å². The van der Waals surface area contributed by atoms with Crippen LogP contribution in [0, 0.1) is 12.7 Å². The van der Waals surface area contributed by atoms with Crippen molar-refractivity contribution < 1.29 is 9.18 Å². The number of anilines is 1. The number of hydrogen-bond acceptors (Lipinski definition) is 5. The number of aryl methyl sites for hydroxylation is 1. The molecule has 0 bridgehead atoms. The molecule has 0 atom stereocenters. The summed E-state index contributed by atoms with van der Waals surface area (Å²) in [5.74, 6) is 0.665. The third kappa shape index (κ3) is 3.88. The molecular formula is C19H22FN7O. The maximum atomic E-state index is 14.0. The van der Waals surface area contributed by atoms with Crippen LogP contribution in [0.15, 0.2) is 36.8 Å². The highest BCUT2D eigenvalue weighted by Gasteiger charge is 2.21. The molecule has 28 heavy (non-hydrogen) atoms. The molecule has 0 spiro atoms. The van der Waals surface area contributed by atoms with E-state index >= 15 is 0 Å². The normalized spacial score (nSPS) is 13.9. The van der Waals surface area contributed by atoms with Gasteiger partial charge < -0.3 is 14.8 Å². The summed E-state index contributed by atoms with van der Waals surface area (Å²) in [6.07, 6.45) is 5.86. The number of hydrogen-bond donors (Lipinski definition) is 1. The average molecular weight is 383 g/mol. The van der Waals surface area contributed by atoms with Crippen molar-refractivity contribution in [3.8, 4) is 0 Å². The third-order valence-corrected chi connectivity index (χ3v) is 4.75. The fourth-order valence-corrected chi connectivity index (χ4v) is 3.32. The van der Waals surface area contributed by atoms with Crippen molar-refractivity contribution in [3.63, 3.8) is 0 Å². The Morgan fingerprint density at radius 1 is 1.29 bits per heavy atom. The largest absolute Gasteiger partial charge is 0.352 e. The molecule has 3 aromatic heterocycles. The van der Waals surface area contributed by atoms with Crippen LogP contribution < -0.4 is 10.2 Å². The van der Waals surface area contributed by atoms with E-state index in [1.807, 2.05) is 28.7 Å². The highest BCUT2D eigenvalue weighted by atomic mass is 19.1. The number of amides is 1. The number of halogens is 1. The van der Waals surface area contributed by atoms with Gasteiger partial charge in [-0.3, -0.25) is 9.48 Å². The van der Waals surface area contributed by atoms with E-state index in [-0.39, 0.29) is 11.7 Å². The molecule has 9 heteroatoms. The van der Waals surface area contributed by atoms with Crippen molar-refractivity contribution >= 4 is 11.7 Å². The Labute approximate surface area is 162 Å². The van der Waals surface area contributed by atoms with Crippen LogP contribution >= 0.6 is 0 Å². The number of carbonyl (C=O) groups excluding carboxylic acids is 1. The maximum Gasteiger partial charge on any atom is 0.271 e. The van der Waals surface area contributed by atoms with E-state index in [2.05, 4.69) is 20.4 Å². The van der Waals surface area contributed by atoms with E-state index in [1.165, 1.54) is 6.07 Å². The van der Waals surface area contributed by atoms with Crippen molar-refractivity contribution in [2.45, 2.75) is 26.4 Å². The maximum absolute atomic E-state index is 14.0. The summed E-state index contributed by atoms with van der Waals surface area (Å²) in [5.41, 5.74) is 1.35. The van der Waals surface area contributed by atoms with E-state index < -0.39 is 0 Å². The van der Waals surface area contributed by atoms with Gasteiger partial charge in [0, 0.05) is 51.2 Å². The van der Waals surface area contributed by atoms with Crippen LogP contribution in [0.1, 0.15) is 22.0 Å². The summed E-state index contributed by atoms with van der Waals surface area (Å²) in [4.78, 5) is 22.9. The van der Waals surface area contributed by atoms with E-state index in [9.17, 15) is 9.18 Å². The fourth-order valence-electron chi connectivity index (χ4n) is 3.32. The van der Waals surface area contributed by atoms with Gasteiger partial charge in [0.25, 0.3) is 5.91 Å². The SMILES string of the molecule is Cc1ccn(CCNC(=O)c2cn3c(n2)CCN(c2ncccc2F)CC3)n1. The van der Waals surface area contributed by atoms with Crippen LogP contribution in [-0.4, -0.2) is 49.9 Å². The predicted molar refractivity (Wildman–Crippen MR) is 102 cm³/mol. The van der Waals surface area contributed by atoms with Crippen LogP contribution in [0.25, 0.3) is 0 Å². The number of fused-ring (bicyclic) bond motifs is 1. The first kappa shape index (κ1) is 18.1. The summed E-state index contributed by atoms with van der Waals surface area (Å²) in [7, 11) is 0. The van der Waals surface area contributed by atoms with E-state index in [1.54, 1.807) is 23.1 Å². The first-order chi connectivity index (χ1) is 13.6. The molecule has 1 aliphatic rings. The summed E-state index contributed by atoms with van der Waals surface area (Å²) >= 11 is 0. The lowest BCUT2D eigenvalue weighted by molar-refractivity contribution is 0.0947. The lowest BCUT2D eigenvalue weighted by Crippen LogP contribution is -2.29. The molecule has 4 heterocycles. The first-order valence-corrected chi connectivity index (χ1v) is 9.30. The van der Waals surface area contributed by atoms with Gasteiger partial charge in [0.15, 0.2) is 11.6 Å². The Hall–Kier alpha value is -3.23. The lowest BCUT2D eigenvalue weighted by atomic mass is 10.3. The van der Waals surface area contributed by atoms with Crippen molar-refractivity contribution in [1.82, 2.24) is 29.6 Å². The van der Waals surface area contributed by atoms with E-state index in [0.717, 1.165) is 11.5 Å². The van der Waals surface area contributed by atoms with Gasteiger partial charge in [-0.05, 0) is 25.1 Å². The minimum atomic E-state index is -0.325. The van der Waals surface area contributed by atoms with Gasteiger partial charge in [-0.25, -0.2) is 14.4 Å². The summed E-state index contributed by atoms with van der Waals surface area (Å²) < 4.78 is 17.7. The number of nitrogens with one attached hydrogen (secondary N) is 1. The van der Waals surface area contributed by atoms with Crippen molar-refractivity contribution in [3.05, 3.63) is 59.8 Å². The van der Waals surface area contributed by atoms with Crippen molar-refractivity contribution in [2.75, 3.05) is 24.5 Å². The molecule has 0 saturated carbocycles. The van der Waals surface area contributed by atoms with Gasteiger partial charge >= 0.3 is 0 Å². The summed E-state index contributed by atoms with van der Waals surface area (Å²) in [5, 5.41) is 7.17. The third-order valence-electron chi connectivity index (χ3n) is 4.75. The molecule has 0 radical (unpaired) electrons. The summed E-state index contributed by atoms with van der Waals surface area (Å²) in [6.45, 7) is 4.85. The molecule has 1 aliphatic heterocycles. The monoisotopic (exact) mass is 383 g/mol. The fraction of sp³-hybridized carbons (Fsp3) is 0.368. The van der Waals surface area contributed by atoms with Gasteiger partial charge in [0.2, 0.25) is 0 Å². The van der Waals surface area contributed by atoms with Gasteiger partial charge in [-0.15, -0.1) is 0 Å². The Kier molecular flexibility index (Phi) is 5.05. The first-order valence-electron chi connectivity index (χ1n) is 9.30. The molecule has 3 aromatic rings. The molecule has 146 valence electrons. The van der Waals surface area contributed by atoms with Crippen LogP contribution in [0.4, 0.5) is 10.2 Å². The topological polar surface area (TPSA) is 80.9 Å². The minimum Gasteiger partial charge on any atom is -0.352 e. The van der Waals surface area contributed by atoms with Crippen LogP contribution in [-0.2, 0) is 19.5 Å². The van der Waals surface area contributed by atoms with Crippen molar-refractivity contribution in [1.29, 1.82) is 0 Å². The molecule has 4 rings (SSSR count). The zero-order valence-corrected chi connectivity index (χ0v) is 15.7. The molecule has 8 nitrogen and oxygen atoms in total. The molecule has 1 amide bonds. The standard InChI is InChI=1S/C19H22FN7O/c1-14-4-9-27(24-14)10-7-22-19(28)16-13-26-12-11-25(8-5-17(26)23-16)18-15(20)3-2-6-21-18/h2-4,6,9,13H,5,7-8,10-12H2,1H3,(H,22,28). The lowest BCUT2D eigenvalue weighted by Gasteiger charge is -2.21. The molecule has 0 unspecified atom stereocenters. The second-order valence-electron chi connectivity index (χ2n) is 6.76. The highest BCUT2D eigenvalue weighted by Crippen LogP contribution is 2.18. The minimum absolute atomic E-state index is 0.197. The number of imidazole rings is 1. The second kappa shape index (κ2) is 7.79. The average Bonchev–Trinajstić information content (AvgIpc) is 3.24. The Bertz CT molecular complexity index is 955. The molecular weight excluding hydrogens is 361 g/mol. The zero-order chi connectivity index (χ0) is 19.5. The van der Waals surface area contributed by atoms with Gasteiger partial charge in [-0.1, -0.05) is 0 Å². The Morgan fingerprint density at radius 3 is 2.96 bits per heavy atom. The van der Waals surface area contributed by atoms with Crippen LogP contribution in [0.2, 0.25) is 0 Å². The second-order valence-corrected chi connectivity index (χ2v) is 6.76. The summed E-state index contributed by atoms with van der Waals surface area (Å²) in [6, 6.07) is 4.92. The predicted octanol–water partition coefficient (Wildman–Crippen LogP) is 1.41. The van der Waals surface area contributed by atoms with Gasteiger partial charge in [0.05, 0.1) is 12.2 Å². The molecule has 1 N–H and O–H groups in total. The number of rotatable bonds is 5. The highest BCUT2D eigenvalue weighted by molar-refractivity contribution is 5.92. The van der Waals surface area contributed by atoms with Gasteiger partial charge in [0.1, 0.15) is 11.5 Å². The zero-order valence-electron chi connectivity index (χ0n) is 15.7. The van der Waals surface area contributed by atoms with E-state index in [4.69, 9.17) is 0 Å². The smallest absolute Gasteiger partial charge is 0.271 e. The number of carbonyl (C=O) groups is 1. The van der Waals surface area contributed by atoms with Crippen LogP contribution in [0.3, 0.4) is 0 Å². The molecule has 0 saturated heterocycles. The molecule has 0 aromatic carbocycles. The quantitative estimate of drug-likeness (QED) is 0.721. The molecule has 0 fully saturated rings. The number of nitrogens with zero attached hydrogens (tertiary/aromatic N) is 6. The molecule has 0 aliphatic carbocycles. The van der Waals surface area contributed by atoms with Crippen molar-refractivity contribution in [2.24, 2.45) is 0 Å². The van der Waals surface area contributed by atoms with Gasteiger partial charge in [-0.2, -0.15) is 5.10 Å². The van der Waals surface area contributed by atoms with E-state index in [0.29, 0.717) is 50.7 Å². The number of pyridine rings is 1. The Balaban J connectivity index is 1.35.